The predicted octanol–water partition coefficient (Wildman–Crippen LogP) is 2.36. The van der Waals surface area contributed by atoms with E-state index in [4.69, 9.17) is 0 Å². The van der Waals surface area contributed by atoms with Gasteiger partial charge in [-0.15, -0.1) is 11.3 Å². The first-order valence-electron chi connectivity index (χ1n) is 5.03. The number of hydrogen-bond acceptors (Lipinski definition) is 4. The number of amides is 1. The highest BCUT2D eigenvalue weighted by Gasteiger charge is 2.08. The van der Waals surface area contributed by atoms with Gasteiger partial charge in [-0.1, -0.05) is 12.1 Å². The highest BCUT2D eigenvalue weighted by molar-refractivity contribution is 7.12. The molecule has 0 bridgehead atoms. The zero-order valence-electron chi connectivity index (χ0n) is 9.13. The Bertz CT molecular complexity index is 595. The van der Waals surface area contributed by atoms with Crippen LogP contribution in [0.2, 0.25) is 0 Å². The second-order valence-corrected chi connectivity index (χ2v) is 4.42. The molecule has 2 rings (SSSR count). The number of benzene rings is 1. The Morgan fingerprint density at radius 1 is 1.33 bits per heavy atom. The van der Waals surface area contributed by atoms with Gasteiger partial charge in [-0.3, -0.25) is 4.79 Å². The van der Waals surface area contributed by atoms with Crippen LogP contribution >= 0.6 is 11.3 Å². The predicted molar refractivity (Wildman–Crippen MR) is 67.4 cm³/mol. The number of para-hydroxylation sites is 1. The molecule has 0 aliphatic carbocycles. The summed E-state index contributed by atoms with van der Waals surface area (Å²) in [5.41, 5.74) is 2.38. The van der Waals surface area contributed by atoms with Crippen LogP contribution in [0.5, 0.6) is 5.75 Å². The summed E-state index contributed by atoms with van der Waals surface area (Å²) in [6, 6.07) is 9.00. The van der Waals surface area contributed by atoms with Crippen molar-refractivity contribution in [2.45, 2.75) is 0 Å². The summed E-state index contributed by atoms with van der Waals surface area (Å²) in [6.07, 6.45) is 1.34. The standard InChI is InChI=1S/C12H9FN2O2S/c13-11-6-5-8(18-11)7-14-15-12(17)9-3-1-2-4-10(9)16/h1-7,16H,(H,15,17)/b14-7+. The minimum Gasteiger partial charge on any atom is -0.507 e. The van der Waals surface area contributed by atoms with Crippen molar-refractivity contribution in [1.82, 2.24) is 5.43 Å². The zero-order chi connectivity index (χ0) is 13.0. The van der Waals surface area contributed by atoms with Crippen molar-refractivity contribution >= 4 is 23.5 Å². The Kier molecular flexibility index (Phi) is 3.69. The summed E-state index contributed by atoms with van der Waals surface area (Å²) in [4.78, 5) is 12.2. The number of thiophene rings is 1. The molecule has 0 spiro atoms. The number of carbonyl (C=O) groups excluding carboxylic acids is 1. The van der Waals surface area contributed by atoms with Gasteiger partial charge in [0.15, 0.2) is 5.13 Å². The highest BCUT2D eigenvalue weighted by atomic mass is 32.1. The van der Waals surface area contributed by atoms with E-state index in [-0.39, 0.29) is 16.4 Å². The third kappa shape index (κ3) is 2.92. The molecule has 92 valence electrons. The molecule has 0 radical (unpaired) electrons. The van der Waals surface area contributed by atoms with E-state index in [1.54, 1.807) is 18.2 Å². The van der Waals surface area contributed by atoms with Crippen LogP contribution in [0.1, 0.15) is 15.2 Å². The number of carbonyl (C=O) groups is 1. The molecule has 0 atom stereocenters. The molecule has 0 saturated heterocycles. The SMILES string of the molecule is O=C(N/N=C/c1ccc(F)s1)c1ccccc1O. The fourth-order valence-electron chi connectivity index (χ4n) is 1.28. The minimum atomic E-state index is -0.527. The summed E-state index contributed by atoms with van der Waals surface area (Å²) < 4.78 is 12.7. The van der Waals surface area contributed by atoms with Crippen LogP contribution in [0.25, 0.3) is 0 Å². The first-order chi connectivity index (χ1) is 8.66. The number of halogens is 1. The van der Waals surface area contributed by atoms with Gasteiger partial charge in [0.25, 0.3) is 5.91 Å². The van der Waals surface area contributed by atoms with E-state index in [1.807, 2.05) is 0 Å². The summed E-state index contributed by atoms with van der Waals surface area (Å²) in [7, 11) is 0. The van der Waals surface area contributed by atoms with Gasteiger partial charge in [0, 0.05) is 0 Å². The van der Waals surface area contributed by atoms with Gasteiger partial charge >= 0.3 is 0 Å². The van der Waals surface area contributed by atoms with Crippen LogP contribution in [-0.2, 0) is 0 Å². The van der Waals surface area contributed by atoms with Gasteiger partial charge in [0.05, 0.1) is 16.7 Å². The number of hydrogen-bond donors (Lipinski definition) is 2. The second-order valence-electron chi connectivity index (χ2n) is 3.36. The van der Waals surface area contributed by atoms with Crippen LogP contribution in [0, 0.1) is 5.13 Å². The number of hydrazone groups is 1. The fraction of sp³-hybridized carbons (Fsp3) is 0. The summed E-state index contributed by atoms with van der Waals surface area (Å²) in [6.45, 7) is 0. The molecule has 1 heterocycles. The lowest BCUT2D eigenvalue weighted by atomic mass is 10.2. The maximum Gasteiger partial charge on any atom is 0.275 e. The molecular weight excluding hydrogens is 255 g/mol. The first-order valence-corrected chi connectivity index (χ1v) is 5.85. The Morgan fingerprint density at radius 2 is 2.11 bits per heavy atom. The number of aromatic hydroxyl groups is 1. The third-order valence-electron chi connectivity index (χ3n) is 2.10. The van der Waals surface area contributed by atoms with E-state index in [9.17, 15) is 14.3 Å². The molecule has 18 heavy (non-hydrogen) atoms. The van der Waals surface area contributed by atoms with Gasteiger partial charge in [0.2, 0.25) is 0 Å². The highest BCUT2D eigenvalue weighted by Crippen LogP contribution is 2.15. The van der Waals surface area contributed by atoms with E-state index in [2.05, 4.69) is 10.5 Å². The number of phenols is 1. The lowest BCUT2D eigenvalue weighted by Crippen LogP contribution is -2.17. The molecule has 1 aromatic heterocycles. The minimum absolute atomic E-state index is 0.118. The summed E-state index contributed by atoms with van der Waals surface area (Å²) >= 11 is 0.922. The topological polar surface area (TPSA) is 61.7 Å². The van der Waals surface area contributed by atoms with E-state index >= 15 is 0 Å². The molecule has 0 unspecified atom stereocenters. The van der Waals surface area contributed by atoms with Gasteiger partial charge in [0.1, 0.15) is 5.75 Å². The van der Waals surface area contributed by atoms with Crippen molar-refractivity contribution in [2.75, 3.05) is 0 Å². The van der Waals surface area contributed by atoms with Gasteiger partial charge in [-0.25, -0.2) is 5.43 Å². The molecule has 0 aliphatic heterocycles. The lowest BCUT2D eigenvalue weighted by molar-refractivity contribution is 0.0952. The third-order valence-corrected chi connectivity index (χ3v) is 2.91. The van der Waals surface area contributed by atoms with Crippen LogP contribution in [0.4, 0.5) is 4.39 Å². The second kappa shape index (κ2) is 5.42. The zero-order valence-corrected chi connectivity index (χ0v) is 9.95. The normalized spacial score (nSPS) is 10.7. The van der Waals surface area contributed by atoms with Crippen molar-refractivity contribution in [3.63, 3.8) is 0 Å². The van der Waals surface area contributed by atoms with Crippen molar-refractivity contribution in [3.05, 3.63) is 52.0 Å². The number of nitrogens with one attached hydrogen (secondary N) is 1. The first kappa shape index (κ1) is 12.3. The molecule has 0 saturated carbocycles. The molecule has 0 fully saturated rings. The van der Waals surface area contributed by atoms with Gasteiger partial charge in [-0.2, -0.15) is 9.49 Å². The molecule has 2 N–H and O–H groups in total. The smallest absolute Gasteiger partial charge is 0.275 e. The van der Waals surface area contributed by atoms with Crippen LogP contribution in [0.15, 0.2) is 41.5 Å². The largest absolute Gasteiger partial charge is 0.507 e. The van der Waals surface area contributed by atoms with Crippen molar-refractivity contribution in [1.29, 1.82) is 0 Å². The van der Waals surface area contributed by atoms with Crippen molar-refractivity contribution in [2.24, 2.45) is 5.10 Å². The Hall–Kier alpha value is -2.21. The fourth-order valence-corrected chi connectivity index (χ4v) is 1.88. The number of phenolic OH excluding ortho intramolecular Hbond substituents is 1. The quantitative estimate of drug-likeness (QED) is 0.660. The summed E-state index contributed by atoms with van der Waals surface area (Å²) in [5, 5.41) is 12.8. The lowest BCUT2D eigenvalue weighted by Gasteiger charge is -2.01. The van der Waals surface area contributed by atoms with E-state index < -0.39 is 5.91 Å². The molecule has 4 nitrogen and oxygen atoms in total. The molecule has 1 amide bonds. The average Bonchev–Trinajstić information content (AvgIpc) is 2.75. The van der Waals surface area contributed by atoms with Crippen LogP contribution in [-0.4, -0.2) is 17.2 Å². The van der Waals surface area contributed by atoms with Crippen molar-refractivity contribution < 1.29 is 14.3 Å². The van der Waals surface area contributed by atoms with E-state index in [0.717, 1.165) is 11.3 Å². The van der Waals surface area contributed by atoms with Crippen LogP contribution in [0.3, 0.4) is 0 Å². The monoisotopic (exact) mass is 264 g/mol. The van der Waals surface area contributed by atoms with E-state index in [1.165, 1.54) is 24.4 Å². The maximum absolute atomic E-state index is 12.7. The Balaban J connectivity index is 2.01. The van der Waals surface area contributed by atoms with Gasteiger partial charge < -0.3 is 5.11 Å². The summed E-state index contributed by atoms with van der Waals surface area (Å²) in [5.74, 6) is -0.645. The molecule has 2 aromatic rings. The maximum atomic E-state index is 12.7. The molecule has 0 aliphatic rings. The number of rotatable bonds is 3. The Labute approximate surface area is 106 Å². The van der Waals surface area contributed by atoms with Gasteiger partial charge in [-0.05, 0) is 24.3 Å². The molecule has 6 heteroatoms. The van der Waals surface area contributed by atoms with E-state index in [0.29, 0.717) is 4.88 Å². The Morgan fingerprint density at radius 3 is 2.78 bits per heavy atom. The van der Waals surface area contributed by atoms with Crippen molar-refractivity contribution in [3.8, 4) is 5.75 Å². The molecule has 1 aromatic carbocycles. The average molecular weight is 264 g/mol. The number of nitrogens with zero attached hydrogens (tertiary/aromatic N) is 1. The van der Waals surface area contributed by atoms with Crippen LogP contribution < -0.4 is 5.43 Å². The molecular formula is C12H9FN2O2S.